The molecule has 2 rings (SSSR count). The molecule has 0 aliphatic heterocycles. The zero-order valence-corrected chi connectivity index (χ0v) is 11.1. The Morgan fingerprint density at radius 1 is 1.00 bits per heavy atom. The molecule has 0 aliphatic rings. The maximum atomic E-state index is 10.2. The van der Waals surface area contributed by atoms with Gasteiger partial charge in [0.15, 0.2) is 0 Å². The lowest BCUT2D eigenvalue weighted by Gasteiger charge is -2.17. The lowest BCUT2D eigenvalue weighted by molar-refractivity contribution is 0.0428. The maximum absolute atomic E-state index is 10.2. The van der Waals surface area contributed by atoms with E-state index in [1.807, 2.05) is 60.7 Å². The zero-order valence-electron chi connectivity index (χ0n) is 11.1. The first kappa shape index (κ1) is 14.3. The van der Waals surface area contributed by atoms with Crippen molar-refractivity contribution >= 4 is 0 Å². The summed E-state index contributed by atoms with van der Waals surface area (Å²) in [6, 6.07) is 21.1. The fourth-order valence-electron chi connectivity index (χ4n) is 1.96. The van der Waals surface area contributed by atoms with Gasteiger partial charge in [-0.25, -0.2) is 0 Å². The third-order valence-corrected chi connectivity index (χ3v) is 3.10. The van der Waals surface area contributed by atoms with Crippen molar-refractivity contribution in [1.29, 1.82) is 5.26 Å². The molecule has 0 amide bonds. The second kappa shape index (κ2) is 7.44. The quantitative estimate of drug-likeness (QED) is 0.875. The van der Waals surface area contributed by atoms with E-state index in [-0.39, 0.29) is 6.61 Å². The molecule has 20 heavy (non-hydrogen) atoms. The smallest absolute Gasteiger partial charge is 0.0997 e. The molecule has 0 radical (unpaired) electrons. The average molecular weight is 267 g/mol. The van der Waals surface area contributed by atoms with Gasteiger partial charge in [-0.05, 0) is 11.1 Å². The minimum atomic E-state index is -0.822. The second-order valence-corrected chi connectivity index (χ2v) is 4.59. The van der Waals surface area contributed by atoms with Gasteiger partial charge in [-0.1, -0.05) is 60.7 Å². The van der Waals surface area contributed by atoms with E-state index >= 15 is 0 Å². The summed E-state index contributed by atoms with van der Waals surface area (Å²) in [6.07, 6.45) is -0.822. The molecule has 0 saturated carbocycles. The summed E-state index contributed by atoms with van der Waals surface area (Å²) in [4.78, 5) is 0. The normalized spacial score (nSPS) is 13.4. The minimum absolute atomic E-state index is 0.210. The summed E-state index contributed by atoms with van der Waals surface area (Å²) >= 11 is 0. The van der Waals surface area contributed by atoms with Crippen molar-refractivity contribution in [3.63, 3.8) is 0 Å². The topological polar surface area (TPSA) is 53.2 Å². The zero-order chi connectivity index (χ0) is 14.2. The molecule has 3 heteroatoms. The first-order chi connectivity index (χ1) is 9.81. The fraction of sp³-hybridized carbons (Fsp3) is 0.235. The molecule has 2 aromatic rings. The van der Waals surface area contributed by atoms with Crippen molar-refractivity contribution in [2.75, 3.05) is 6.61 Å². The minimum Gasteiger partial charge on any atom is -0.387 e. The number of nitrogens with zero attached hydrogens (tertiary/aromatic N) is 1. The van der Waals surface area contributed by atoms with Crippen LogP contribution in [0.2, 0.25) is 0 Å². The van der Waals surface area contributed by atoms with E-state index in [0.29, 0.717) is 6.61 Å². The number of benzene rings is 2. The summed E-state index contributed by atoms with van der Waals surface area (Å²) in [5, 5.41) is 19.3. The second-order valence-electron chi connectivity index (χ2n) is 4.59. The lowest BCUT2D eigenvalue weighted by Crippen LogP contribution is -2.17. The van der Waals surface area contributed by atoms with E-state index in [1.54, 1.807) is 0 Å². The summed E-state index contributed by atoms with van der Waals surface area (Å²) in [5.41, 5.74) is 1.79. The van der Waals surface area contributed by atoms with Crippen molar-refractivity contribution < 1.29 is 9.84 Å². The highest BCUT2D eigenvalue weighted by molar-refractivity contribution is 5.19. The molecule has 1 N–H and O–H groups in total. The molecular formula is C17H17NO2. The molecule has 3 nitrogen and oxygen atoms in total. The molecular weight excluding hydrogens is 250 g/mol. The molecule has 0 bridgehead atoms. The molecule has 0 heterocycles. The first-order valence-electron chi connectivity index (χ1n) is 6.55. The van der Waals surface area contributed by atoms with Gasteiger partial charge < -0.3 is 9.84 Å². The van der Waals surface area contributed by atoms with Crippen LogP contribution in [-0.2, 0) is 11.3 Å². The summed E-state index contributed by atoms with van der Waals surface area (Å²) in [7, 11) is 0. The van der Waals surface area contributed by atoms with Crippen LogP contribution < -0.4 is 0 Å². The summed E-state index contributed by atoms with van der Waals surface area (Å²) < 4.78 is 5.53. The van der Waals surface area contributed by atoms with Crippen LogP contribution in [0.5, 0.6) is 0 Å². The van der Waals surface area contributed by atoms with Crippen LogP contribution in [0, 0.1) is 17.2 Å². The highest BCUT2D eigenvalue weighted by atomic mass is 16.5. The molecule has 2 unspecified atom stereocenters. The van der Waals surface area contributed by atoms with Gasteiger partial charge >= 0.3 is 0 Å². The van der Waals surface area contributed by atoms with Crippen molar-refractivity contribution in [1.82, 2.24) is 0 Å². The number of hydrogen-bond donors (Lipinski definition) is 1. The van der Waals surface area contributed by atoms with Gasteiger partial charge in [0, 0.05) is 0 Å². The number of aliphatic hydroxyl groups is 1. The third-order valence-electron chi connectivity index (χ3n) is 3.10. The van der Waals surface area contributed by atoms with Gasteiger partial charge in [-0.2, -0.15) is 5.26 Å². The first-order valence-corrected chi connectivity index (χ1v) is 6.55. The lowest BCUT2D eigenvalue weighted by atomic mass is 9.98. The standard InChI is InChI=1S/C17H17NO2/c18-11-16(17(19)15-9-5-2-6-10-15)13-20-12-14-7-3-1-4-8-14/h1-10,16-17,19H,12-13H2. The largest absolute Gasteiger partial charge is 0.387 e. The van der Waals surface area contributed by atoms with Crippen molar-refractivity contribution in [3.8, 4) is 6.07 Å². The van der Waals surface area contributed by atoms with Gasteiger partial charge in [0.2, 0.25) is 0 Å². The van der Waals surface area contributed by atoms with Crippen molar-refractivity contribution in [3.05, 3.63) is 71.8 Å². The van der Waals surface area contributed by atoms with Crippen LogP contribution in [0.25, 0.3) is 0 Å². The molecule has 2 atom stereocenters. The van der Waals surface area contributed by atoms with Gasteiger partial charge in [-0.3, -0.25) is 0 Å². The molecule has 0 aliphatic carbocycles. The fourth-order valence-corrected chi connectivity index (χ4v) is 1.96. The highest BCUT2D eigenvalue weighted by Gasteiger charge is 2.20. The number of aliphatic hydroxyl groups excluding tert-OH is 1. The van der Waals surface area contributed by atoms with Gasteiger partial charge in [0.05, 0.1) is 31.3 Å². The third kappa shape index (κ3) is 3.92. The van der Waals surface area contributed by atoms with Crippen LogP contribution in [0.3, 0.4) is 0 Å². The molecule has 0 spiro atoms. The van der Waals surface area contributed by atoms with Crippen LogP contribution in [0.1, 0.15) is 17.2 Å². The molecule has 102 valence electrons. The molecule has 0 fully saturated rings. The molecule has 2 aromatic carbocycles. The Hall–Kier alpha value is -2.15. The Labute approximate surface area is 119 Å². The van der Waals surface area contributed by atoms with E-state index in [9.17, 15) is 5.11 Å². The molecule has 0 aromatic heterocycles. The van der Waals surface area contributed by atoms with E-state index in [4.69, 9.17) is 10.00 Å². The van der Waals surface area contributed by atoms with Crippen LogP contribution in [-0.4, -0.2) is 11.7 Å². The average Bonchev–Trinajstić information content (AvgIpc) is 2.53. The Morgan fingerprint density at radius 2 is 1.60 bits per heavy atom. The highest BCUT2D eigenvalue weighted by Crippen LogP contribution is 2.21. The van der Waals surface area contributed by atoms with Crippen LogP contribution in [0.4, 0.5) is 0 Å². The van der Waals surface area contributed by atoms with E-state index in [0.717, 1.165) is 11.1 Å². The SMILES string of the molecule is N#CC(COCc1ccccc1)C(O)c1ccccc1. The predicted molar refractivity (Wildman–Crippen MR) is 76.6 cm³/mol. The maximum Gasteiger partial charge on any atom is 0.0997 e. The Bertz CT molecular complexity index is 548. The van der Waals surface area contributed by atoms with Crippen molar-refractivity contribution in [2.24, 2.45) is 5.92 Å². The number of ether oxygens (including phenoxy) is 1. The number of nitriles is 1. The van der Waals surface area contributed by atoms with E-state index < -0.39 is 12.0 Å². The summed E-state index contributed by atoms with van der Waals surface area (Å²) in [6.45, 7) is 0.655. The van der Waals surface area contributed by atoms with Gasteiger partial charge in [-0.15, -0.1) is 0 Å². The van der Waals surface area contributed by atoms with Crippen LogP contribution in [0.15, 0.2) is 60.7 Å². The van der Waals surface area contributed by atoms with Gasteiger partial charge in [0.25, 0.3) is 0 Å². The van der Waals surface area contributed by atoms with Crippen LogP contribution >= 0.6 is 0 Å². The summed E-state index contributed by atoms with van der Waals surface area (Å²) in [5.74, 6) is -0.568. The monoisotopic (exact) mass is 267 g/mol. The Morgan fingerprint density at radius 3 is 2.20 bits per heavy atom. The Kier molecular flexibility index (Phi) is 5.31. The van der Waals surface area contributed by atoms with Crippen molar-refractivity contribution in [2.45, 2.75) is 12.7 Å². The van der Waals surface area contributed by atoms with Gasteiger partial charge in [0.1, 0.15) is 0 Å². The number of rotatable bonds is 6. The van der Waals surface area contributed by atoms with E-state index in [1.165, 1.54) is 0 Å². The van der Waals surface area contributed by atoms with E-state index in [2.05, 4.69) is 6.07 Å². The number of hydrogen-bond acceptors (Lipinski definition) is 3. The predicted octanol–water partition coefficient (Wildman–Crippen LogP) is 3.08. The Balaban J connectivity index is 1.88. The molecule has 0 saturated heterocycles.